The Kier molecular flexibility index (Phi) is 12.2. The topological polar surface area (TPSA) is 26.3 Å². The Balaban J connectivity index is 1.94. The van der Waals surface area contributed by atoms with Gasteiger partial charge in [-0.3, -0.25) is 4.79 Å². The van der Waals surface area contributed by atoms with E-state index in [1.807, 2.05) is 37.3 Å². The second kappa shape index (κ2) is 14.1. The average molecular weight is 333 g/mol. The van der Waals surface area contributed by atoms with E-state index >= 15 is 0 Å². The maximum Gasteiger partial charge on any atom is 0.172 e. The predicted molar refractivity (Wildman–Crippen MR) is 103 cm³/mol. The molecule has 0 fully saturated rings. The molecule has 0 spiro atoms. The van der Waals surface area contributed by atoms with Crippen molar-refractivity contribution in [3.63, 3.8) is 0 Å². The SMILES string of the molecule is CCCCCCCCCCCCCC(=O)C(C)Oc1ccccc1. The van der Waals surface area contributed by atoms with Crippen LogP contribution in [-0.2, 0) is 4.79 Å². The first-order valence-corrected chi connectivity index (χ1v) is 9.98. The van der Waals surface area contributed by atoms with Crippen LogP contribution in [0.15, 0.2) is 30.3 Å². The molecule has 0 aliphatic rings. The average Bonchev–Trinajstić information content (AvgIpc) is 2.60. The van der Waals surface area contributed by atoms with Crippen molar-refractivity contribution in [3.05, 3.63) is 30.3 Å². The highest BCUT2D eigenvalue weighted by Crippen LogP contribution is 2.14. The Bertz CT molecular complexity index is 413. The summed E-state index contributed by atoms with van der Waals surface area (Å²) in [5.74, 6) is 0.993. The molecule has 136 valence electrons. The van der Waals surface area contributed by atoms with Crippen molar-refractivity contribution in [3.8, 4) is 5.75 Å². The Hall–Kier alpha value is -1.31. The van der Waals surface area contributed by atoms with Gasteiger partial charge in [0, 0.05) is 6.42 Å². The van der Waals surface area contributed by atoms with E-state index in [4.69, 9.17) is 4.74 Å². The van der Waals surface area contributed by atoms with Crippen molar-refractivity contribution in [2.24, 2.45) is 0 Å². The highest BCUT2D eigenvalue weighted by Gasteiger charge is 2.13. The van der Waals surface area contributed by atoms with E-state index in [9.17, 15) is 4.79 Å². The van der Waals surface area contributed by atoms with Gasteiger partial charge in [0.15, 0.2) is 11.9 Å². The van der Waals surface area contributed by atoms with Crippen LogP contribution in [0.1, 0.15) is 90.9 Å². The van der Waals surface area contributed by atoms with Crippen molar-refractivity contribution >= 4 is 5.78 Å². The molecule has 1 rings (SSSR count). The van der Waals surface area contributed by atoms with Crippen LogP contribution in [0.2, 0.25) is 0 Å². The lowest BCUT2D eigenvalue weighted by Crippen LogP contribution is -2.23. The molecule has 0 aromatic heterocycles. The van der Waals surface area contributed by atoms with Gasteiger partial charge in [-0.25, -0.2) is 0 Å². The number of carbonyl (C=O) groups is 1. The summed E-state index contributed by atoms with van der Waals surface area (Å²) in [6.45, 7) is 4.12. The number of hydrogen-bond donors (Lipinski definition) is 0. The summed E-state index contributed by atoms with van der Waals surface area (Å²) < 4.78 is 5.68. The molecule has 1 aromatic carbocycles. The molecule has 2 heteroatoms. The first-order chi connectivity index (χ1) is 11.7. The summed E-state index contributed by atoms with van der Waals surface area (Å²) >= 11 is 0. The molecule has 1 atom stereocenters. The predicted octanol–water partition coefficient (Wildman–Crippen LogP) is 6.72. The number of ether oxygens (including phenoxy) is 1. The second-order valence-electron chi connectivity index (χ2n) is 6.82. The highest BCUT2D eigenvalue weighted by molar-refractivity contribution is 5.82. The molecule has 2 nitrogen and oxygen atoms in total. The van der Waals surface area contributed by atoms with E-state index in [1.165, 1.54) is 64.2 Å². The zero-order valence-corrected chi connectivity index (χ0v) is 15.8. The van der Waals surface area contributed by atoms with Crippen molar-refractivity contribution in [1.82, 2.24) is 0 Å². The molecular formula is C22H36O2. The third-order valence-corrected chi connectivity index (χ3v) is 4.54. The lowest BCUT2D eigenvalue weighted by Gasteiger charge is -2.13. The van der Waals surface area contributed by atoms with Crippen LogP contribution in [0.25, 0.3) is 0 Å². The summed E-state index contributed by atoms with van der Waals surface area (Å²) in [5, 5.41) is 0. The maximum absolute atomic E-state index is 12.1. The molecular weight excluding hydrogens is 296 g/mol. The Labute approximate surface area is 149 Å². The summed E-state index contributed by atoms with van der Waals surface area (Å²) in [6.07, 6.45) is 14.7. The van der Waals surface area contributed by atoms with Gasteiger partial charge < -0.3 is 4.74 Å². The number of ketones is 1. The number of para-hydroxylation sites is 1. The number of Topliss-reactive ketones (excluding diaryl/α,β-unsaturated/α-hetero) is 1. The smallest absolute Gasteiger partial charge is 0.172 e. The summed E-state index contributed by atoms with van der Waals surface area (Å²) in [7, 11) is 0. The minimum Gasteiger partial charge on any atom is -0.483 e. The second-order valence-corrected chi connectivity index (χ2v) is 6.82. The molecule has 0 bridgehead atoms. The molecule has 0 heterocycles. The van der Waals surface area contributed by atoms with Gasteiger partial charge in [0.1, 0.15) is 5.75 Å². The number of benzene rings is 1. The number of hydrogen-bond acceptors (Lipinski definition) is 2. The Morgan fingerprint density at radius 1 is 0.833 bits per heavy atom. The van der Waals surface area contributed by atoms with Crippen LogP contribution < -0.4 is 4.74 Å². The summed E-state index contributed by atoms with van der Waals surface area (Å²) in [5.41, 5.74) is 0. The monoisotopic (exact) mass is 332 g/mol. The Morgan fingerprint density at radius 2 is 1.33 bits per heavy atom. The molecule has 1 unspecified atom stereocenters. The van der Waals surface area contributed by atoms with Gasteiger partial charge in [-0.1, -0.05) is 89.3 Å². The third-order valence-electron chi connectivity index (χ3n) is 4.54. The van der Waals surface area contributed by atoms with Crippen LogP contribution in [0.5, 0.6) is 5.75 Å². The Morgan fingerprint density at radius 3 is 1.88 bits per heavy atom. The van der Waals surface area contributed by atoms with Crippen LogP contribution >= 0.6 is 0 Å². The molecule has 0 aliphatic carbocycles. The minimum atomic E-state index is -0.337. The van der Waals surface area contributed by atoms with Gasteiger partial charge in [-0.15, -0.1) is 0 Å². The van der Waals surface area contributed by atoms with Gasteiger partial charge in [0.05, 0.1) is 0 Å². The van der Waals surface area contributed by atoms with Crippen LogP contribution in [0.4, 0.5) is 0 Å². The fourth-order valence-corrected chi connectivity index (χ4v) is 2.94. The van der Waals surface area contributed by atoms with E-state index in [-0.39, 0.29) is 11.9 Å². The molecule has 0 amide bonds. The number of carbonyl (C=O) groups excluding carboxylic acids is 1. The fourth-order valence-electron chi connectivity index (χ4n) is 2.94. The fraction of sp³-hybridized carbons (Fsp3) is 0.682. The van der Waals surface area contributed by atoms with Gasteiger partial charge in [0.2, 0.25) is 0 Å². The van der Waals surface area contributed by atoms with Crippen molar-refractivity contribution in [1.29, 1.82) is 0 Å². The zero-order chi connectivity index (χ0) is 17.5. The van der Waals surface area contributed by atoms with E-state index in [0.717, 1.165) is 12.2 Å². The first kappa shape index (κ1) is 20.7. The van der Waals surface area contributed by atoms with E-state index in [1.54, 1.807) is 0 Å². The van der Waals surface area contributed by atoms with E-state index < -0.39 is 0 Å². The van der Waals surface area contributed by atoms with Crippen LogP contribution in [-0.4, -0.2) is 11.9 Å². The van der Waals surface area contributed by atoms with E-state index in [0.29, 0.717) is 6.42 Å². The molecule has 1 aromatic rings. The lowest BCUT2D eigenvalue weighted by atomic mass is 10.0. The molecule has 24 heavy (non-hydrogen) atoms. The third kappa shape index (κ3) is 10.5. The lowest BCUT2D eigenvalue weighted by molar-refractivity contribution is -0.125. The largest absolute Gasteiger partial charge is 0.483 e. The normalized spacial score (nSPS) is 12.1. The molecule has 0 radical (unpaired) electrons. The zero-order valence-electron chi connectivity index (χ0n) is 15.8. The minimum absolute atomic E-state index is 0.217. The summed E-state index contributed by atoms with van der Waals surface area (Å²) in [6, 6.07) is 9.59. The van der Waals surface area contributed by atoms with Crippen molar-refractivity contribution < 1.29 is 9.53 Å². The van der Waals surface area contributed by atoms with Gasteiger partial charge in [0.25, 0.3) is 0 Å². The van der Waals surface area contributed by atoms with Crippen molar-refractivity contribution in [2.45, 2.75) is 97.0 Å². The molecule has 0 N–H and O–H groups in total. The number of rotatable bonds is 15. The highest BCUT2D eigenvalue weighted by atomic mass is 16.5. The van der Waals surface area contributed by atoms with Gasteiger partial charge >= 0.3 is 0 Å². The van der Waals surface area contributed by atoms with E-state index in [2.05, 4.69) is 6.92 Å². The maximum atomic E-state index is 12.1. The standard InChI is InChI=1S/C22H36O2/c1-3-4-5-6-7-8-9-10-11-12-16-19-22(23)20(2)24-21-17-14-13-15-18-21/h13-15,17-18,20H,3-12,16,19H2,1-2H3. The molecule has 0 saturated heterocycles. The molecule has 0 aliphatic heterocycles. The van der Waals surface area contributed by atoms with Crippen LogP contribution in [0, 0.1) is 0 Å². The van der Waals surface area contributed by atoms with Crippen LogP contribution in [0.3, 0.4) is 0 Å². The van der Waals surface area contributed by atoms with Gasteiger partial charge in [-0.2, -0.15) is 0 Å². The van der Waals surface area contributed by atoms with Crippen molar-refractivity contribution in [2.75, 3.05) is 0 Å². The molecule has 0 saturated carbocycles. The first-order valence-electron chi connectivity index (χ1n) is 9.98. The van der Waals surface area contributed by atoms with Gasteiger partial charge in [-0.05, 0) is 25.5 Å². The number of unbranched alkanes of at least 4 members (excludes halogenated alkanes) is 10. The quantitative estimate of drug-likeness (QED) is 0.333. The summed E-state index contributed by atoms with van der Waals surface area (Å²) in [4.78, 5) is 12.1.